The molecule has 17 heavy (non-hydrogen) atoms. The maximum absolute atomic E-state index is 12.0. The highest BCUT2D eigenvalue weighted by Gasteiger charge is 2.34. The number of alkyl halides is 3. The van der Waals surface area contributed by atoms with Crippen LogP contribution in [0.3, 0.4) is 0 Å². The van der Waals surface area contributed by atoms with Gasteiger partial charge in [0, 0.05) is 26.2 Å². The van der Waals surface area contributed by atoms with Crippen molar-refractivity contribution in [1.29, 1.82) is 0 Å². The molecule has 0 aromatic heterocycles. The van der Waals surface area contributed by atoms with Crippen molar-refractivity contribution in [1.82, 2.24) is 9.80 Å². The van der Waals surface area contributed by atoms with Crippen LogP contribution in [0.15, 0.2) is 12.7 Å². The van der Waals surface area contributed by atoms with Gasteiger partial charge in [-0.05, 0) is 6.08 Å². The summed E-state index contributed by atoms with van der Waals surface area (Å²) in [5, 5.41) is 0. The highest BCUT2D eigenvalue weighted by atomic mass is 19.4. The Hall–Kier alpha value is -1.53. The van der Waals surface area contributed by atoms with Crippen molar-refractivity contribution in [3.05, 3.63) is 12.7 Å². The van der Waals surface area contributed by atoms with E-state index in [-0.39, 0.29) is 32.1 Å². The largest absolute Gasteiger partial charge is 0.397 e. The van der Waals surface area contributed by atoms with Crippen LogP contribution in [-0.2, 0) is 9.59 Å². The summed E-state index contributed by atoms with van der Waals surface area (Å²) in [5.74, 6) is -1.21. The van der Waals surface area contributed by atoms with Gasteiger partial charge in [0.2, 0.25) is 11.8 Å². The van der Waals surface area contributed by atoms with Gasteiger partial charge in [-0.25, -0.2) is 0 Å². The first-order chi connectivity index (χ1) is 7.83. The number of piperazine rings is 1. The zero-order chi connectivity index (χ0) is 13.1. The Balaban J connectivity index is 2.44. The zero-order valence-electron chi connectivity index (χ0n) is 9.16. The molecule has 0 atom stereocenters. The van der Waals surface area contributed by atoms with Gasteiger partial charge in [0.15, 0.2) is 0 Å². The number of carbonyl (C=O) groups excluding carboxylic acids is 2. The molecule has 1 rings (SSSR count). The van der Waals surface area contributed by atoms with Gasteiger partial charge in [0.05, 0.1) is 0 Å². The van der Waals surface area contributed by atoms with Crippen molar-refractivity contribution in [2.45, 2.75) is 12.6 Å². The normalized spacial score (nSPS) is 16.9. The molecule has 0 saturated carbocycles. The number of hydrogen-bond acceptors (Lipinski definition) is 2. The molecule has 1 aliphatic rings. The summed E-state index contributed by atoms with van der Waals surface area (Å²) < 4.78 is 36.0. The van der Waals surface area contributed by atoms with Crippen molar-refractivity contribution < 1.29 is 22.8 Å². The van der Waals surface area contributed by atoms with E-state index in [0.29, 0.717) is 0 Å². The summed E-state index contributed by atoms with van der Waals surface area (Å²) in [6.45, 7) is 4.07. The maximum Gasteiger partial charge on any atom is 0.397 e. The fourth-order valence-electron chi connectivity index (χ4n) is 1.59. The predicted octanol–water partition coefficient (Wildman–Crippen LogP) is 0.796. The van der Waals surface area contributed by atoms with Crippen LogP contribution in [0.2, 0.25) is 0 Å². The molecule has 1 saturated heterocycles. The number of halogens is 3. The zero-order valence-corrected chi connectivity index (χ0v) is 9.16. The van der Waals surface area contributed by atoms with Crippen molar-refractivity contribution >= 4 is 11.8 Å². The molecule has 0 spiro atoms. The summed E-state index contributed by atoms with van der Waals surface area (Å²) in [7, 11) is 0. The minimum absolute atomic E-state index is 0.133. The minimum Gasteiger partial charge on any atom is -0.339 e. The summed E-state index contributed by atoms with van der Waals surface area (Å²) in [4.78, 5) is 25.0. The highest BCUT2D eigenvalue weighted by Crippen LogP contribution is 2.21. The first-order valence-electron chi connectivity index (χ1n) is 5.09. The van der Waals surface area contributed by atoms with Crippen molar-refractivity contribution in [2.75, 3.05) is 26.2 Å². The van der Waals surface area contributed by atoms with Gasteiger partial charge < -0.3 is 9.80 Å². The second kappa shape index (κ2) is 5.20. The van der Waals surface area contributed by atoms with Gasteiger partial charge in [-0.1, -0.05) is 6.58 Å². The minimum atomic E-state index is -4.48. The Labute approximate surface area is 96.7 Å². The number of nitrogens with zero attached hydrogens (tertiary/aromatic N) is 2. The van der Waals surface area contributed by atoms with E-state index in [0.717, 1.165) is 11.0 Å². The molecule has 0 aromatic rings. The Bertz CT molecular complexity index is 320. The molecule has 0 aromatic carbocycles. The van der Waals surface area contributed by atoms with E-state index in [1.54, 1.807) is 0 Å². The fourth-order valence-corrected chi connectivity index (χ4v) is 1.59. The van der Waals surface area contributed by atoms with E-state index in [2.05, 4.69) is 6.58 Å². The lowest BCUT2D eigenvalue weighted by molar-refractivity contribution is -0.163. The number of amides is 2. The predicted molar refractivity (Wildman–Crippen MR) is 54.0 cm³/mol. The average Bonchev–Trinajstić information content (AvgIpc) is 2.26. The lowest BCUT2D eigenvalue weighted by Crippen LogP contribution is -2.50. The molecule has 7 heteroatoms. The van der Waals surface area contributed by atoms with E-state index in [1.807, 2.05) is 0 Å². The number of hydrogen-bond donors (Lipinski definition) is 0. The molecular weight excluding hydrogens is 237 g/mol. The fraction of sp³-hybridized carbons (Fsp3) is 0.600. The van der Waals surface area contributed by atoms with Gasteiger partial charge in [0.1, 0.15) is 6.42 Å². The molecule has 4 nitrogen and oxygen atoms in total. The van der Waals surface area contributed by atoms with Crippen molar-refractivity contribution in [3.8, 4) is 0 Å². The van der Waals surface area contributed by atoms with Crippen molar-refractivity contribution in [3.63, 3.8) is 0 Å². The van der Waals surface area contributed by atoms with Crippen LogP contribution in [0, 0.1) is 0 Å². The molecule has 1 aliphatic heterocycles. The van der Waals surface area contributed by atoms with E-state index in [9.17, 15) is 22.8 Å². The van der Waals surface area contributed by atoms with Crippen LogP contribution in [0.25, 0.3) is 0 Å². The van der Waals surface area contributed by atoms with Gasteiger partial charge in [-0.2, -0.15) is 13.2 Å². The lowest BCUT2D eigenvalue weighted by atomic mass is 10.2. The lowest BCUT2D eigenvalue weighted by Gasteiger charge is -2.34. The van der Waals surface area contributed by atoms with Gasteiger partial charge in [-0.3, -0.25) is 9.59 Å². The molecule has 2 amide bonds. The van der Waals surface area contributed by atoms with Crippen LogP contribution >= 0.6 is 0 Å². The van der Waals surface area contributed by atoms with E-state index in [1.165, 1.54) is 4.90 Å². The summed E-state index contributed by atoms with van der Waals surface area (Å²) in [5.41, 5.74) is 0. The Morgan fingerprint density at radius 2 is 1.59 bits per heavy atom. The summed E-state index contributed by atoms with van der Waals surface area (Å²) in [6, 6.07) is 0. The van der Waals surface area contributed by atoms with Crippen LogP contribution in [0.1, 0.15) is 6.42 Å². The SMILES string of the molecule is C=CC(=O)N1CCN(C(=O)CC(F)(F)F)CC1. The molecule has 0 bridgehead atoms. The van der Waals surface area contributed by atoms with E-state index in [4.69, 9.17) is 0 Å². The first-order valence-corrected chi connectivity index (χ1v) is 5.09. The molecule has 1 heterocycles. The van der Waals surface area contributed by atoms with Gasteiger partial charge >= 0.3 is 6.18 Å². The van der Waals surface area contributed by atoms with Crippen LogP contribution in [-0.4, -0.2) is 54.0 Å². The monoisotopic (exact) mass is 250 g/mol. The number of carbonyl (C=O) groups is 2. The third kappa shape index (κ3) is 4.08. The third-order valence-corrected chi connectivity index (χ3v) is 2.47. The molecule has 0 aliphatic carbocycles. The maximum atomic E-state index is 12.0. The standard InChI is InChI=1S/C10H13F3N2O2/c1-2-8(16)14-3-5-15(6-4-14)9(17)7-10(11,12)13/h2H,1,3-7H2. The first kappa shape index (κ1) is 13.5. The Morgan fingerprint density at radius 3 is 2.00 bits per heavy atom. The second-order valence-corrected chi connectivity index (χ2v) is 3.70. The molecule has 0 radical (unpaired) electrons. The molecule has 1 fully saturated rings. The Kier molecular flexibility index (Phi) is 4.14. The molecule has 0 N–H and O–H groups in total. The third-order valence-electron chi connectivity index (χ3n) is 2.47. The topological polar surface area (TPSA) is 40.6 Å². The van der Waals surface area contributed by atoms with Gasteiger partial charge in [-0.15, -0.1) is 0 Å². The smallest absolute Gasteiger partial charge is 0.339 e. The summed E-state index contributed by atoms with van der Waals surface area (Å²) in [6.07, 6.45) is -4.78. The van der Waals surface area contributed by atoms with Crippen LogP contribution in [0.4, 0.5) is 13.2 Å². The van der Waals surface area contributed by atoms with E-state index < -0.39 is 18.5 Å². The molecule has 0 unspecified atom stereocenters. The summed E-state index contributed by atoms with van der Waals surface area (Å²) >= 11 is 0. The quantitative estimate of drug-likeness (QED) is 0.680. The Morgan fingerprint density at radius 1 is 1.12 bits per heavy atom. The average molecular weight is 250 g/mol. The molecular formula is C10H13F3N2O2. The van der Waals surface area contributed by atoms with Gasteiger partial charge in [0.25, 0.3) is 0 Å². The van der Waals surface area contributed by atoms with Crippen molar-refractivity contribution in [2.24, 2.45) is 0 Å². The van der Waals surface area contributed by atoms with E-state index >= 15 is 0 Å². The van der Waals surface area contributed by atoms with Crippen LogP contribution < -0.4 is 0 Å². The number of rotatable bonds is 2. The van der Waals surface area contributed by atoms with Crippen LogP contribution in [0.5, 0.6) is 0 Å². The highest BCUT2D eigenvalue weighted by molar-refractivity contribution is 5.87. The second-order valence-electron chi connectivity index (χ2n) is 3.70. The molecule has 96 valence electrons.